The average molecular weight is 499 g/mol. The molecule has 0 saturated carbocycles. The molecule has 1 aromatic heterocycles. The SMILES string of the molecule is C.C.CCOc1cc2ncc(C#N)c(Nc3ccc(F)c(Cl)c3)c2cc1CC(=O)/C=C/CN(C)C. The Morgan fingerprint density at radius 1 is 1.29 bits per heavy atom. The molecule has 1 N–H and O–H groups in total. The van der Waals surface area contributed by atoms with Gasteiger partial charge in [-0.3, -0.25) is 9.78 Å². The molecule has 0 spiro atoms. The molecule has 0 unspecified atom stereocenters. The largest absolute Gasteiger partial charge is 0.494 e. The van der Waals surface area contributed by atoms with E-state index in [4.69, 9.17) is 16.3 Å². The van der Waals surface area contributed by atoms with Crippen LogP contribution >= 0.6 is 11.6 Å². The number of ether oxygens (including phenoxy) is 1. The molecule has 0 saturated heterocycles. The molecule has 0 aliphatic carbocycles. The number of nitrogens with zero attached hydrogens (tertiary/aromatic N) is 3. The van der Waals surface area contributed by atoms with E-state index in [1.54, 1.807) is 18.2 Å². The number of halogens is 2. The number of nitrogens with one attached hydrogen (secondary N) is 1. The maximum Gasteiger partial charge on any atom is 0.159 e. The van der Waals surface area contributed by atoms with Gasteiger partial charge < -0.3 is 15.0 Å². The molecule has 35 heavy (non-hydrogen) atoms. The lowest BCUT2D eigenvalue weighted by Crippen LogP contribution is -2.11. The lowest BCUT2D eigenvalue weighted by Gasteiger charge is -2.15. The quantitative estimate of drug-likeness (QED) is 0.337. The van der Waals surface area contributed by atoms with Crippen LogP contribution in [0.2, 0.25) is 5.02 Å². The molecule has 0 radical (unpaired) electrons. The van der Waals surface area contributed by atoms with E-state index in [1.165, 1.54) is 24.4 Å². The van der Waals surface area contributed by atoms with Crippen LogP contribution in [0, 0.1) is 17.1 Å². The molecule has 8 heteroatoms. The Balaban J connectivity index is 0.00000306. The Bertz CT molecular complexity index is 1250. The normalized spacial score (nSPS) is 10.5. The first-order chi connectivity index (χ1) is 15.8. The highest BCUT2D eigenvalue weighted by Gasteiger charge is 2.16. The molecule has 3 aromatic rings. The van der Waals surface area contributed by atoms with Crippen molar-refractivity contribution in [2.24, 2.45) is 0 Å². The molecular weight excluding hydrogens is 467 g/mol. The van der Waals surface area contributed by atoms with Gasteiger partial charge in [0.25, 0.3) is 0 Å². The highest BCUT2D eigenvalue weighted by atomic mass is 35.5. The van der Waals surface area contributed by atoms with E-state index in [0.29, 0.717) is 52.3 Å². The summed E-state index contributed by atoms with van der Waals surface area (Å²) in [5, 5.41) is 13.4. The summed E-state index contributed by atoms with van der Waals surface area (Å²) in [6.45, 7) is 2.95. The number of ketones is 1. The summed E-state index contributed by atoms with van der Waals surface area (Å²) in [4.78, 5) is 18.9. The number of fused-ring (bicyclic) bond motifs is 1. The summed E-state index contributed by atoms with van der Waals surface area (Å²) >= 11 is 5.92. The Hall–Kier alpha value is -3.47. The average Bonchev–Trinajstić information content (AvgIpc) is 2.77. The predicted molar refractivity (Wildman–Crippen MR) is 142 cm³/mol. The van der Waals surface area contributed by atoms with Gasteiger partial charge in [0.15, 0.2) is 5.78 Å². The number of aromatic nitrogens is 1. The van der Waals surface area contributed by atoms with E-state index >= 15 is 0 Å². The van der Waals surface area contributed by atoms with Crippen molar-refractivity contribution in [1.82, 2.24) is 9.88 Å². The highest BCUT2D eigenvalue weighted by molar-refractivity contribution is 6.31. The second-order valence-corrected chi connectivity index (χ2v) is 8.04. The lowest BCUT2D eigenvalue weighted by atomic mass is 10.0. The Kier molecular flexibility index (Phi) is 11.3. The van der Waals surface area contributed by atoms with E-state index in [-0.39, 0.29) is 32.1 Å². The summed E-state index contributed by atoms with van der Waals surface area (Å²) in [5.74, 6) is -0.0412. The third-order valence-electron chi connectivity index (χ3n) is 4.80. The zero-order chi connectivity index (χ0) is 24.0. The van der Waals surface area contributed by atoms with E-state index in [9.17, 15) is 14.4 Å². The van der Waals surface area contributed by atoms with Gasteiger partial charge in [0, 0.05) is 41.9 Å². The topological polar surface area (TPSA) is 78.2 Å². The molecule has 0 bridgehead atoms. The first kappa shape index (κ1) is 29.6. The van der Waals surface area contributed by atoms with Crippen molar-refractivity contribution >= 4 is 39.7 Å². The molecular formula is C27H32ClFN4O2. The second kappa shape index (κ2) is 13.4. The molecule has 3 rings (SSSR count). The van der Waals surface area contributed by atoms with Gasteiger partial charge in [-0.25, -0.2) is 4.39 Å². The van der Waals surface area contributed by atoms with Crippen molar-refractivity contribution in [3.8, 4) is 11.8 Å². The minimum Gasteiger partial charge on any atom is -0.494 e. The van der Waals surface area contributed by atoms with Crippen LogP contribution < -0.4 is 10.1 Å². The number of benzene rings is 2. The van der Waals surface area contributed by atoms with Crippen LogP contribution in [0.5, 0.6) is 5.75 Å². The number of anilines is 2. The number of pyridine rings is 1. The summed E-state index contributed by atoms with van der Waals surface area (Å²) in [7, 11) is 3.85. The van der Waals surface area contributed by atoms with Gasteiger partial charge in [-0.05, 0) is 51.4 Å². The molecule has 1 heterocycles. The monoisotopic (exact) mass is 498 g/mol. The van der Waals surface area contributed by atoms with E-state index in [1.807, 2.05) is 32.0 Å². The highest BCUT2D eigenvalue weighted by Crippen LogP contribution is 2.34. The lowest BCUT2D eigenvalue weighted by molar-refractivity contribution is -0.114. The van der Waals surface area contributed by atoms with Crippen LogP contribution in [0.25, 0.3) is 10.9 Å². The fraction of sp³-hybridized carbons (Fsp3) is 0.296. The van der Waals surface area contributed by atoms with Gasteiger partial charge in [0.2, 0.25) is 0 Å². The Labute approximate surface area is 212 Å². The molecule has 0 amide bonds. The number of carbonyl (C=O) groups excluding carboxylic acids is 1. The van der Waals surface area contributed by atoms with Gasteiger partial charge in [0.05, 0.1) is 28.4 Å². The van der Waals surface area contributed by atoms with Crippen molar-refractivity contribution < 1.29 is 13.9 Å². The van der Waals surface area contributed by atoms with Crippen molar-refractivity contribution in [2.45, 2.75) is 28.2 Å². The molecule has 2 aromatic carbocycles. The molecule has 0 aliphatic rings. The number of hydrogen-bond donors (Lipinski definition) is 1. The van der Waals surface area contributed by atoms with E-state index in [0.717, 1.165) is 0 Å². The summed E-state index contributed by atoms with van der Waals surface area (Å²) in [6, 6.07) is 9.91. The van der Waals surface area contributed by atoms with Crippen LogP contribution in [0.15, 0.2) is 48.7 Å². The zero-order valence-electron chi connectivity index (χ0n) is 18.7. The minimum atomic E-state index is -0.535. The molecule has 0 atom stereocenters. The van der Waals surface area contributed by atoms with Crippen LogP contribution in [0.3, 0.4) is 0 Å². The maximum absolute atomic E-state index is 13.6. The minimum absolute atomic E-state index is 0. The molecule has 186 valence electrons. The van der Waals surface area contributed by atoms with Gasteiger partial charge in [0.1, 0.15) is 17.6 Å². The third-order valence-corrected chi connectivity index (χ3v) is 5.09. The second-order valence-electron chi connectivity index (χ2n) is 7.63. The zero-order valence-corrected chi connectivity index (χ0v) is 19.4. The van der Waals surface area contributed by atoms with Crippen LogP contribution in [-0.4, -0.2) is 42.9 Å². The van der Waals surface area contributed by atoms with Gasteiger partial charge >= 0.3 is 0 Å². The van der Waals surface area contributed by atoms with E-state index in [2.05, 4.69) is 16.4 Å². The fourth-order valence-corrected chi connectivity index (χ4v) is 3.45. The predicted octanol–water partition coefficient (Wildman–Crippen LogP) is 6.54. The molecule has 0 fully saturated rings. The fourth-order valence-electron chi connectivity index (χ4n) is 3.27. The van der Waals surface area contributed by atoms with Crippen LogP contribution in [0.4, 0.5) is 15.8 Å². The smallest absolute Gasteiger partial charge is 0.159 e. The number of allylic oxidation sites excluding steroid dienone is 1. The number of hydrogen-bond acceptors (Lipinski definition) is 6. The van der Waals surface area contributed by atoms with Crippen LogP contribution in [-0.2, 0) is 11.2 Å². The van der Waals surface area contributed by atoms with Gasteiger partial charge in [-0.2, -0.15) is 5.26 Å². The number of nitriles is 1. The third kappa shape index (κ3) is 7.51. The molecule has 6 nitrogen and oxygen atoms in total. The Morgan fingerprint density at radius 3 is 2.66 bits per heavy atom. The summed E-state index contributed by atoms with van der Waals surface area (Å²) in [5.41, 5.74) is 2.58. The van der Waals surface area contributed by atoms with E-state index < -0.39 is 5.82 Å². The van der Waals surface area contributed by atoms with Gasteiger partial charge in [-0.15, -0.1) is 0 Å². The Morgan fingerprint density at radius 2 is 2.03 bits per heavy atom. The number of carbonyl (C=O) groups is 1. The van der Waals surface area contributed by atoms with Crippen LogP contribution in [0.1, 0.15) is 32.9 Å². The summed E-state index contributed by atoms with van der Waals surface area (Å²) in [6.07, 6.45) is 4.96. The van der Waals surface area contributed by atoms with Crippen molar-refractivity contribution in [2.75, 3.05) is 32.6 Å². The number of likely N-dealkylation sites (N-methyl/N-ethyl adjacent to an activating group) is 1. The number of rotatable bonds is 9. The standard InChI is InChI=1S/C25H24ClFN4O2.2CH4/c1-4-33-24-13-23-20(11-16(24)10-19(32)6-5-9-31(2)3)25(17(14-28)15-29-23)30-18-7-8-22(27)21(26)12-18;;/h5-8,11-13,15H,4,9-10H2,1-3H3,(H,29,30);2*1H4/b6-5+;;. The molecule has 0 aliphatic heterocycles. The van der Waals surface area contributed by atoms with Crippen molar-refractivity contribution in [1.29, 1.82) is 5.26 Å². The van der Waals surface area contributed by atoms with Gasteiger partial charge in [-0.1, -0.05) is 32.5 Å². The first-order valence-electron chi connectivity index (χ1n) is 10.4. The first-order valence-corrected chi connectivity index (χ1v) is 10.7. The van der Waals surface area contributed by atoms with Crippen molar-refractivity contribution in [3.05, 3.63) is 70.6 Å². The summed E-state index contributed by atoms with van der Waals surface area (Å²) < 4.78 is 19.3. The van der Waals surface area contributed by atoms with Crippen molar-refractivity contribution in [3.63, 3.8) is 0 Å². The maximum atomic E-state index is 13.6.